The summed E-state index contributed by atoms with van der Waals surface area (Å²) in [6.45, 7) is 2.65. The van der Waals surface area contributed by atoms with E-state index in [1.807, 2.05) is 0 Å². The van der Waals surface area contributed by atoms with Gasteiger partial charge in [-0.25, -0.2) is 9.59 Å². The molecule has 1 aromatic rings. The van der Waals surface area contributed by atoms with Crippen LogP contribution < -0.4 is 0 Å². The number of benzene rings is 1. The molecular weight excluding hydrogens is 246 g/mol. The number of carboxylic acids is 1. The van der Waals surface area contributed by atoms with Crippen molar-refractivity contribution in [3.63, 3.8) is 0 Å². The molecule has 1 rings (SSSR count). The van der Waals surface area contributed by atoms with Crippen LogP contribution in [0.3, 0.4) is 0 Å². The predicted octanol–water partition coefficient (Wildman–Crippen LogP) is 2.35. The summed E-state index contributed by atoms with van der Waals surface area (Å²) in [6, 6.07) is 2.92. The quantitative estimate of drug-likeness (QED) is 0.842. The van der Waals surface area contributed by atoms with E-state index in [-0.39, 0.29) is 17.7 Å². The zero-order valence-corrected chi connectivity index (χ0v) is 9.87. The summed E-state index contributed by atoms with van der Waals surface area (Å²) in [6.07, 6.45) is 0. The van der Waals surface area contributed by atoms with Gasteiger partial charge in [-0.1, -0.05) is 6.07 Å². The van der Waals surface area contributed by atoms with Crippen molar-refractivity contribution in [2.45, 2.75) is 19.8 Å². The summed E-state index contributed by atoms with van der Waals surface area (Å²) < 4.78 is 31.5. The molecule has 0 saturated carbocycles. The number of hydrogen-bond acceptors (Lipinski definition) is 3. The SMILES string of the molecule is CCOC(=O)C(F)(F)c1ccc(C(=O)O)c(C)c1. The molecule has 0 bridgehead atoms. The van der Waals surface area contributed by atoms with Gasteiger partial charge in [0.1, 0.15) is 0 Å². The summed E-state index contributed by atoms with van der Waals surface area (Å²) in [5.41, 5.74) is -0.508. The highest BCUT2D eigenvalue weighted by atomic mass is 19.3. The summed E-state index contributed by atoms with van der Waals surface area (Å²) in [5.74, 6) is -6.64. The van der Waals surface area contributed by atoms with Crippen molar-refractivity contribution in [2.75, 3.05) is 6.61 Å². The number of aryl methyl sites for hydroxylation is 1. The Morgan fingerprint density at radius 1 is 1.39 bits per heavy atom. The first-order valence-electron chi connectivity index (χ1n) is 5.20. The Hall–Kier alpha value is -1.98. The van der Waals surface area contributed by atoms with Crippen LogP contribution in [0.2, 0.25) is 0 Å². The van der Waals surface area contributed by atoms with Crippen LogP contribution in [0.15, 0.2) is 18.2 Å². The first-order valence-corrected chi connectivity index (χ1v) is 5.20. The van der Waals surface area contributed by atoms with Crippen LogP contribution >= 0.6 is 0 Å². The first-order chi connectivity index (χ1) is 8.30. The fourth-order valence-corrected chi connectivity index (χ4v) is 1.44. The second-order valence-electron chi connectivity index (χ2n) is 3.63. The molecule has 6 heteroatoms. The molecule has 0 radical (unpaired) electrons. The highest BCUT2D eigenvalue weighted by Gasteiger charge is 2.42. The van der Waals surface area contributed by atoms with E-state index in [1.165, 1.54) is 13.8 Å². The van der Waals surface area contributed by atoms with Crippen LogP contribution in [0.4, 0.5) is 8.78 Å². The van der Waals surface area contributed by atoms with Gasteiger partial charge in [-0.15, -0.1) is 0 Å². The van der Waals surface area contributed by atoms with Crippen LogP contribution in [0.1, 0.15) is 28.4 Å². The molecule has 0 aliphatic carbocycles. The Morgan fingerprint density at radius 2 is 2.00 bits per heavy atom. The summed E-state index contributed by atoms with van der Waals surface area (Å²) in [4.78, 5) is 21.8. The molecular formula is C12H12F2O4. The van der Waals surface area contributed by atoms with Crippen molar-refractivity contribution >= 4 is 11.9 Å². The Bertz CT molecular complexity index is 483. The Balaban J connectivity index is 3.14. The lowest BCUT2D eigenvalue weighted by Crippen LogP contribution is -2.28. The van der Waals surface area contributed by atoms with Crippen molar-refractivity contribution < 1.29 is 28.2 Å². The molecule has 98 valence electrons. The fourth-order valence-electron chi connectivity index (χ4n) is 1.44. The van der Waals surface area contributed by atoms with E-state index >= 15 is 0 Å². The monoisotopic (exact) mass is 258 g/mol. The molecule has 4 nitrogen and oxygen atoms in total. The molecule has 0 aromatic heterocycles. The van der Waals surface area contributed by atoms with E-state index in [1.54, 1.807) is 0 Å². The van der Waals surface area contributed by atoms with E-state index in [2.05, 4.69) is 4.74 Å². The number of halogens is 2. The molecule has 0 aliphatic heterocycles. The van der Waals surface area contributed by atoms with Crippen LogP contribution in [0.25, 0.3) is 0 Å². The Labute approximate surface area is 102 Å². The highest BCUT2D eigenvalue weighted by molar-refractivity contribution is 5.89. The third kappa shape index (κ3) is 2.64. The number of alkyl halides is 2. The molecule has 0 spiro atoms. The van der Waals surface area contributed by atoms with Gasteiger partial charge in [0.2, 0.25) is 0 Å². The zero-order valence-electron chi connectivity index (χ0n) is 9.87. The predicted molar refractivity (Wildman–Crippen MR) is 58.7 cm³/mol. The van der Waals surface area contributed by atoms with Crippen molar-refractivity contribution in [2.24, 2.45) is 0 Å². The second-order valence-corrected chi connectivity index (χ2v) is 3.63. The molecule has 0 amide bonds. The van der Waals surface area contributed by atoms with Gasteiger partial charge >= 0.3 is 17.9 Å². The van der Waals surface area contributed by atoms with Gasteiger partial charge in [-0.3, -0.25) is 0 Å². The first kappa shape index (κ1) is 14.1. The van der Waals surface area contributed by atoms with E-state index in [9.17, 15) is 18.4 Å². The summed E-state index contributed by atoms with van der Waals surface area (Å²) >= 11 is 0. The van der Waals surface area contributed by atoms with Gasteiger partial charge in [-0.05, 0) is 31.5 Å². The number of esters is 1. The molecule has 18 heavy (non-hydrogen) atoms. The molecule has 1 aromatic carbocycles. The van der Waals surface area contributed by atoms with Crippen molar-refractivity contribution in [3.05, 3.63) is 34.9 Å². The Kier molecular flexibility index (Phi) is 4.00. The molecule has 1 N–H and O–H groups in total. The zero-order chi connectivity index (χ0) is 13.9. The van der Waals surface area contributed by atoms with Crippen LogP contribution in [0.5, 0.6) is 0 Å². The molecule has 0 aliphatic rings. The van der Waals surface area contributed by atoms with Crippen molar-refractivity contribution in [1.29, 1.82) is 0 Å². The number of ether oxygens (including phenoxy) is 1. The minimum absolute atomic E-state index is 0.0848. The number of carbonyl (C=O) groups is 2. The van der Waals surface area contributed by atoms with Gasteiger partial charge in [0.05, 0.1) is 12.2 Å². The maximum absolute atomic E-state index is 13.6. The van der Waals surface area contributed by atoms with E-state index in [0.29, 0.717) is 0 Å². The topological polar surface area (TPSA) is 63.6 Å². The smallest absolute Gasteiger partial charge is 0.381 e. The summed E-state index contributed by atoms with van der Waals surface area (Å²) in [5, 5.41) is 8.77. The normalized spacial score (nSPS) is 11.1. The maximum atomic E-state index is 13.6. The molecule has 0 unspecified atom stereocenters. The average molecular weight is 258 g/mol. The third-order valence-corrected chi connectivity index (χ3v) is 2.35. The lowest BCUT2D eigenvalue weighted by atomic mass is 10.0. The molecule has 0 fully saturated rings. The van der Waals surface area contributed by atoms with Crippen LogP contribution in [-0.2, 0) is 15.5 Å². The van der Waals surface area contributed by atoms with Crippen LogP contribution in [0, 0.1) is 6.92 Å². The molecule has 0 atom stereocenters. The number of rotatable bonds is 4. The van der Waals surface area contributed by atoms with Gasteiger partial charge in [-0.2, -0.15) is 8.78 Å². The molecule has 0 heterocycles. The average Bonchev–Trinajstić information content (AvgIpc) is 2.28. The lowest BCUT2D eigenvalue weighted by Gasteiger charge is -2.15. The van der Waals surface area contributed by atoms with Gasteiger partial charge in [0, 0.05) is 5.56 Å². The van der Waals surface area contributed by atoms with Gasteiger partial charge in [0.15, 0.2) is 0 Å². The van der Waals surface area contributed by atoms with Gasteiger partial charge in [0.25, 0.3) is 0 Å². The fraction of sp³-hybridized carbons (Fsp3) is 0.333. The molecule has 0 saturated heterocycles. The number of hydrogen-bond donors (Lipinski definition) is 1. The lowest BCUT2D eigenvalue weighted by molar-refractivity contribution is -0.173. The Morgan fingerprint density at radius 3 is 2.44 bits per heavy atom. The van der Waals surface area contributed by atoms with Crippen LogP contribution in [-0.4, -0.2) is 23.7 Å². The van der Waals surface area contributed by atoms with E-state index < -0.39 is 23.4 Å². The van der Waals surface area contributed by atoms with E-state index in [0.717, 1.165) is 18.2 Å². The third-order valence-electron chi connectivity index (χ3n) is 2.35. The second kappa shape index (κ2) is 5.12. The maximum Gasteiger partial charge on any atom is 0.381 e. The summed E-state index contributed by atoms with van der Waals surface area (Å²) in [7, 11) is 0. The van der Waals surface area contributed by atoms with Crippen molar-refractivity contribution in [1.82, 2.24) is 0 Å². The minimum Gasteiger partial charge on any atom is -0.478 e. The largest absolute Gasteiger partial charge is 0.478 e. The number of aromatic carboxylic acids is 1. The standard InChI is InChI=1S/C12H12F2O4/c1-3-18-11(17)12(13,14)8-4-5-9(10(15)16)7(2)6-8/h4-6H,3H2,1-2H3,(H,15,16). The number of carbonyl (C=O) groups excluding carboxylic acids is 1. The van der Waals surface area contributed by atoms with Crippen molar-refractivity contribution in [3.8, 4) is 0 Å². The highest BCUT2D eigenvalue weighted by Crippen LogP contribution is 2.30. The van der Waals surface area contributed by atoms with Gasteiger partial charge < -0.3 is 9.84 Å². The number of carboxylic acid groups (broad SMARTS) is 1. The van der Waals surface area contributed by atoms with E-state index in [4.69, 9.17) is 5.11 Å². The minimum atomic E-state index is -3.78.